The molecule has 2 unspecified atom stereocenters. The molecule has 3 rings (SSSR count). The van der Waals surface area contributed by atoms with E-state index in [0.717, 1.165) is 35.9 Å². The largest absolute Gasteiger partial charge is 0.444 e. The van der Waals surface area contributed by atoms with E-state index in [4.69, 9.17) is 9.72 Å². The van der Waals surface area contributed by atoms with Gasteiger partial charge in [0.1, 0.15) is 5.60 Å². The molecule has 1 aromatic heterocycles. The van der Waals surface area contributed by atoms with Crippen molar-refractivity contribution in [3.05, 3.63) is 30.3 Å². The molecule has 0 bridgehead atoms. The molecule has 0 saturated carbocycles. The van der Waals surface area contributed by atoms with E-state index in [1.807, 2.05) is 51.1 Å². The van der Waals surface area contributed by atoms with Crippen molar-refractivity contribution in [1.29, 1.82) is 0 Å². The van der Waals surface area contributed by atoms with Gasteiger partial charge >= 0.3 is 6.09 Å². The summed E-state index contributed by atoms with van der Waals surface area (Å²) in [6.07, 6.45) is 1.38. The molecule has 1 N–H and O–H groups in total. The van der Waals surface area contributed by atoms with Gasteiger partial charge in [-0.15, -0.1) is 0 Å². The van der Waals surface area contributed by atoms with Gasteiger partial charge < -0.3 is 15.0 Å². The molecule has 6 nitrogen and oxygen atoms in total. The molecule has 1 aliphatic heterocycles. The van der Waals surface area contributed by atoms with Crippen LogP contribution in [-0.2, 0) is 4.74 Å². The number of benzene rings is 1. The third kappa shape index (κ3) is 4.72. The molecule has 1 fully saturated rings. The van der Waals surface area contributed by atoms with Crippen molar-refractivity contribution in [3.8, 4) is 11.4 Å². The van der Waals surface area contributed by atoms with E-state index < -0.39 is 5.60 Å². The number of aromatic nitrogens is 2. The van der Waals surface area contributed by atoms with Crippen molar-refractivity contribution in [1.82, 2.24) is 14.7 Å². The molecule has 2 atom stereocenters. The van der Waals surface area contributed by atoms with Crippen LogP contribution in [0.4, 0.5) is 9.93 Å². The number of carbonyl (C=O) groups is 1. The Balaban J connectivity index is 1.59. The van der Waals surface area contributed by atoms with Gasteiger partial charge in [-0.05, 0) is 40.5 Å². The minimum atomic E-state index is -0.475. The SMILES string of the molecule is CC1CC(NC(=O)OC(C)(C)C)CCN1c1nc(-c2ccccc2)ns1. The van der Waals surface area contributed by atoms with Crippen LogP contribution in [0.1, 0.15) is 40.5 Å². The van der Waals surface area contributed by atoms with Crippen LogP contribution in [0.25, 0.3) is 11.4 Å². The molecule has 140 valence electrons. The highest BCUT2D eigenvalue weighted by molar-refractivity contribution is 7.09. The number of nitrogens with one attached hydrogen (secondary N) is 1. The standard InChI is InChI=1S/C19H26N4O2S/c1-13-12-15(20-18(24)25-19(2,3)4)10-11-23(13)17-21-16(22-26-17)14-8-6-5-7-9-14/h5-9,13,15H,10-12H2,1-4H3,(H,20,24). The fourth-order valence-electron chi connectivity index (χ4n) is 3.10. The summed E-state index contributed by atoms with van der Waals surface area (Å²) in [6.45, 7) is 8.62. The van der Waals surface area contributed by atoms with Gasteiger partial charge in [-0.25, -0.2) is 4.79 Å². The summed E-state index contributed by atoms with van der Waals surface area (Å²) in [5, 5.41) is 3.93. The Morgan fingerprint density at radius 1 is 1.31 bits per heavy atom. The lowest BCUT2D eigenvalue weighted by atomic mass is 9.99. The number of ether oxygens (including phenoxy) is 1. The summed E-state index contributed by atoms with van der Waals surface area (Å²) in [5.41, 5.74) is 0.556. The second-order valence-corrected chi connectivity index (χ2v) is 8.41. The first-order valence-corrected chi connectivity index (χ1v) is 9.74. The van der Waals surface area contributed by atoms with E-state index in [1.165, 1.54) is 11.5 Å². The summed E-state index contributed by atoms with van der Waals surface area (Å²) in [6, 6.07) is 10.4. The Labute approximate surface area is 158 Å². The minimum Gasteiger partial charge on any atom is -0.444 e. The highest BCUT2D eigenvalue weighted by Crippen LogP contribution is 2.29. The molecule has 1 aromatic carbocycles. The third-order valence-electron chi connectivity index (χ3n) is 4.29. The van der Waals surface area contributed by atoms with E-state index in [9.17, 15) is 4.79 Å². The average molecular weight is 375 g/mol. The first kappa shape index (κ1) is 18.6. The second kappa shape index (κ2) is 7.61. The minimum absolute atomic E-state index is 0.123. The fraction of sp³-hybridized carbons (Fsp3) is 0.526. The lowest BCUT2D eigenvalue weighted by Crippen LogP contribution is -2.49. The van der Waals surface area contributed by atoms with Gasteiger partial charge in [0.2, 0.25) is 5.13 Å². The lowest BCUT2D eigenvalue weighted by Gasteiger charge is -2.37. The van der Waals surface area contributed by atoms with Gasteiger partial charge in [-0.3, -0.25) is 0 Å². The molecule has 0 aliphatic carbocycles. The number of hydrogen-bond donors (Lipinski definition) is 1. The summed E-state index contributed by atoms with van der Waals surface area (Å²) in [5.74, 6) is 0.770. The van der Waals surface area contributed by atoms with E-state index in [-0.39, 0.29) is 18.2 Å². The van der Waals surface area contributed by atoms with Crippen LogP contribution in [0.3, 0.4) is 0 Å². The molecular weight excluding hydrogens is 348 g/mol. The van der Waals surface area contributed by atoms with Crippen molar-refractivity contribution < 1.29 is 9.53 Å². The van der Waals surface area contributed by atoms with Crippen molar-refractivity contribution in [2.75, 3.05) is 11.4 Å². The summed E-state index contributed by atoms with van der Waals surface area (Å²) in [7, 11) is 0. The normalized spacial score (nSPS) is 20.7. The van der Waals surface area contributed by atoms with Gasteiger partial charge in [-0.1, -0.05) is 30.3 Å². The zero-order valence-corrected chi connectivity index (χ0v) is 16.5. The number of carbonyl (C=O) groups excluding carboxylic acids is 1. The molecule has 26 heavy (non-hydrogen) atoms. The maximum Gasteiger partial charge on any atom is 0.407 e. The van der Waals surface area contributed by atoms with Gasteiger partial charge in [0.05, 0.1) is 0 Å². The highest BCUT2D eigenvalue weighted by atomic mass is 32.1. The topological polar surface area (TPSA) is 67.3 Å². The number of amides is 1. The van der Waals surface area contributed by atoms with Crippen LogP contribution in [0.5, 0.6) is 0 Å². The van der Waals surface area contributed by atoms with Crippen molar-refractivity contribution in [2.45, 2.75) is 58.2 Å². The number of nitrogens with zero attached hydrogens (tertiary/aromatic N) is 3. The van der Waals surface area contributed by atoms with Gasteiger partial charge in [0.15, 0.2) is 5.82 Å². The molecule has 0 spiro atoms. The summed E-state index contributed by atoms with van der Waals surface area (Å²) < 4.78 is 9.86. The van der Waals surface area contributed by atoms with Crippen molar-refractivity contribution in [2.24, 2.45) is 0 Å². The predicted molar refractivity (Wildman–Crippen MR) is 105 cm³/mol. The zero-order valence-electron chi connectivity index (χ0n) is 15.7. The maximum atomic E-state index is 12.0. The monoisotopic (exact) mass is 374 g/mol. The van der Waals surface area contributed by atoms with Crippen LogP contribution >= 0.6 is 11.5 Å². The average Bonchev–Trinajstić information content (AvgIpc) is 3.03. The van der Waals surface area contributed by atoms with Crippen LogP contribution in [0.15, 0.2) is 30.3 Å². The molecule has 1 saturated heterocycles. The Morgan fingerprint density at radius 3 is 2.69 bits per heavy atom. The second-order valence-electron chi connectivity index (χ2n) is 7.68. The fourth-order valence-corrected chi connectivity index (χ4v) is 3.92. The lowest BCUT2D eigenvalue weighted by molar-refractivity contribution is 0.0494. The van der Waals surface area contributed by atoms with Crippen LogP contribution in [0, 0.1) is 0 Å². The maximum absolute atomic E-state index is 12.0. The number of rotatable bonds is 3. The molecule has 2 aromatic rings. The Kier molecular flexibility index (Phi) is 5.46. The highest BCUT2D eigenvalue weighted by Gasteiger charge is 2.29. The first-order chi connectivity index (χ1) is 12.3. The summed E-state index contributed by atoms with van der Waals surface area (Å²) in [4.78, 5) is 19.0. The quantitative estimate of drug-likeness (QED) is 0.876. The number of alkyl carbamates (subject to hydrolysis) is 1. The van der Waals surface area contributed by atoms with Gasteiger partial charge in [0, 0.05) is 35.7 Å². The molecule has 1 amide bonds. The smallest absolute Gasteiger partial charge is 0.407 e. The van der Waals surface area contributed by atoms with Gasteiger partial charge in [0.25, 0.3) is 0 Å². The number of anilines is 1. The summed E-state index contributed by atoms with van der Waals surface area (Å²) >= 11 is 1.43. The Hall–Kier alpha value is -2.15. The number of piperidine rings is 1. The third-order valence-corrected chi connectivity index (χ3v) is 5.04. The van der Waals surface area contributed by atoms with Crippen LogP contribution in [0.2, 0.25) is 0 Å². The molecule has 2 heterocycles. The Morgan fingerprint density at radius 2 is 2.04 bits per heavy atom. The molecular formula is C19H26N4O2S. The molecule has 1 aliphatic rings. The van der Waals surface area contributed by atoms with Crippen molar-refractivity contribution >= 4 is 22.8 Å². The van der Waals surface area contributed by atoms with Crippen LogP contribution < -0.4 is 10.2 Å². The van der Waals surface area contributed by atoms with E-state index >= 15 is 0 Å². The van der Waals surface area contributed by atoms with Crippen LogP contribution in [-0.4, -0.2) is 39.7 Å². The van der Waals surface area contributed by atoms with E-state index in [0.29, 0.717) is 0 Å². The predicted octanol–water partition coefficient (Wildman–Crippen LogP) is 4.09. The Bertz CT molecular complexity index is 741. The zero-order chi connectivity index (χ0) is 18.7. The van der Waals surface area contributed by atoms with E-state index in [1.54, 1.807) is 0 Å². The first-order valence-electron chi connectivity index (χ1n) is 8.97. The number of hydrogen-bond acceptors (Lipinski definition) is 6. The van der Waals surface area contributed by atoms with Gasteiger partial charge in [-0.2, -0.15) is 9.36 Å². The molecule has 7 heteroatoms. The van der Waals surface area contributed by atoms with E-state index in [2.05, 4.69) is 21.5 Å². The van der Waals surface area contributed by atoms with Crippen molar-refractivity contribution in [3.63, 3.8) is 0 Å². The molecule has 0 radical (unpaired) electrons.